The number of halogens is 1. The van der Waals surface area contributed by atoms with Gasteiger partial charge in [0.2, 0.25) is 0 Å². The van der Waals surface area contributed by atoms with Crippen molar-refractivity contribution in [2.75, 3.05) is 5.32 Å². The first-order valence-corrected chi connectivity index (χ1v) is 7.65. The zero-order valence-corrected chi connectivity index (χ0v) is 13.2. The molecule has 0 saturated heterocycles. The molecule has 1 atom stereocenters. The molecule has 1 aromatic carbocycles. The molecule has 0 saturated carbocycles. The minimum absolute atomic E-state index is 0.0895. The Balaban J connectivity index is 2.21. The fourth-order valence-electron chi connectivity index (χ4n) is 1.71. The summed E-state index contributed by atoms with van der Waals surface area (Å²) in [5.74, 6) is 0. The van der Waals surface area contributed by atoms with Gasteiger partial charge in [-0.15, -0.1) is 11.3 Å². The van der Waals surface area contributed by atoms with Crippen LogP contribution >= 0.6 is 27.3 Å². The summed E-state index contributed by atoms with van der Waals surface area (Å²) in [6, 6.07) is 7.88. The van der Waals surface area contributed by atoms with Gasteiger partial charge in [0, 0.05) is 15.5 Å². The molecule has 0 aliphatic heterocycles. The third-order valence-corrected chi connectivity index (χ3v) is 4.58. The number of nitrogens with one attached hydrogen (secondary N) is 1. The standard InChI is InChI=1S/C14H14BrN3S/c1-3-12-8-17-14(19-12)9(2)18-13-6-11(15)5-4-10(13)7-16/h4-6,8-9,18H,3H2,1-2H3. The minimum Gasteiger partial charge on any atom is -0.375 e. The van der Waals surface area contributed by atoms with Gasteiger partial charge in [-0.25, -0.2) is 4.98 Å². The van der Waals surface area contributed by atoms with Crippen LogP contribution in [0.1, 0.15) is 35.3 Å². The van der Waals surface area contributed by atoms with Crippen molar-refractivity contribution in [1.29, 1.82) is 5.26 Å². The zero-order chi connectivity index (χ0) is 13.8. The molecule has 0 amide bonds. The monoisotopic (exact) mass is 335 g/mol. The van der Waals surface area contributed by atoms with Crippen LogP contribution in [-0.4, -0.2) is 4.98 Å². The number of hydrogen-bond donors (Lipinski definition) is 1. The SMILES string of the molecule is CCc1cnc(C(C)Nc2cc(Br)ccc2C#N)s1. The Bertz CT molecular complexity index is 615. The number of aromatic nitrogens is 1. The van der Waals surface area contributed by atoms with Gasteiger partial charge in [0.15, 0.2) is 0 Å². The Labute approximate surface area is 125 Å². The maximum absolute atomic E-state index is 9.12. The van der Waals surface area contributed by atoms with Crippen LogP contribution in [0, 0.1) is 11.3 Å². The maximum Gasteiger partial charge on any atom is 0.115 e. The highest BCUT2D eigenvalue weighted by molar-refractivity contribution is 9.10. The second-order valence-electron chi connectivity index (χ2n) is 4.19. The number of hydrogen-bond acceptors (Lipinski definition) is 4. The first kappa shape index (κ1) is 14.0. The molecule has 0 aliphatic rings. The van der Waals surface area contributed by atoms with E-state index in [9.17, 15) is 0 Å². The highest BCUT2D eigenvalue weighted by Gasteiger charge is 2.12. The summed E-state index contributed by atoms with van der Waals surface area (Å²) in [4.78, 5) is 5.70. The Hall–Kier alpha value is -1.38. The second kappa shape index (κ2) is 6.18. The first-order valence-electron chi connectivity index (χ1n) is 6.04. The van der Waals surface area contributed by atoms with Gasteiger partial charge in [-0.1, -0.05) is 22.9 Å². The molecule has 1 heterocycles. The Morgan fingerprint density at radius 2 is 2.32 bits per heavy atom. The lowest BCUT2D eigenvalue weighted by Gasteiger charge is -2.14. The van der Waals surface area contributed by atoms with Gasteiger partial charge in [0.05, 0.1) is 17.3 Å². The fraction of sp³-hybridized carbons (Fsp3) is 0.286. The summed E-state index contributed by atoms with van der Waals surface area (Å²) in [6.07, 6.45) is 2.93. The zero-order valence-electron chi connectivity index (χ0n) is 10.8. The van der Waals surface area contributed by atoms with Crippen LogP contribution in [0.25, 0.3) is 0 Å². The average molecular weight is 336 g/mol. The Morgan fingerprint density at radius 3 is 2.95 bits per heavy atom. The molecule has 0 bridgehead atoms. The van der Waals surface area contributed by atoms with Gasteiger partial charge in [-0.05, 0) is 31.5 Å². The van der Waals surface area contributed by atoms with Crippen molar-refractivity contribution in [3.05, 3.63) is 44.3 Å². The van der Waals surface area contributed by atoms with Gasteiger partial charge in [-0.3, -0.25) is 0 Å². The van der Waals surface area contributed by atoms with Gasteiger partial charge in [0.25, 0.3) is 0 Å². The van der Waals surface area contributed by atoms with E-state index >= 15 is 0 Å². The Kier molecular flexibility index (Phi) is 4.56. The normalized spacial score (nSPS) is 11.9. The third-order valence-electron chi connectivity index (χ3n) is 2.76. The number of nitriles is 1. The number of anilines is 1. The molecule has 0 aliphatic carbocycles. The van der Waals surface area contributed by atoms with E-state index < -0.39 is 0 Å². The van der Waals surface area contributed by atoms with Crippen molar-refractivity contribution < 1.29 is 0 Å². The van der Waals surface area contributed by atoms with Gasteiger partial charge in [-0.2, -0.15) is 5.26 Å². The summed E-state index contributed by atoms with van der Waals surface area (Å²) in [6.45, 7) is 4.18. The molecule has 5 heteroatoms. The van der Waals surface area contributed by atoms with E-state index in [4.69, 9.17) is 5.26 Å². The van der Waals surface area contributed by atoms with Crippen LogP contribution < -0.4 is 5.32 Å². The topological polar surface area (TPSA) is 48.7 Å². The second-order valence-corrected chi connectivity index (χ2v) is 6.25. The van der Waals surface area contributed by atoms with Gasteiger partial charge >= 0.3 is 0 Å². The van der Waals surface area contributed by atoms with E-state index in [-0.39, 0.29) is 6.04 Å². The molecule has 98 valence electrons. The maximum atomic E-state index is 9.12. The lowest BCUT2D eigenvalue weighted by atomic mass is 10.2. The predicted octanol–water partition coefficient (Wildman–Crippen LogP) is 4.51. The van der Waals surface area contributed by atoms with Crippen molar-refractivity contribution >= 4 is 33.0 Å². The molecule has 2 rings (SSSR count). The predicted molar refractivity (Wildman–Crippen MR) is 82.4 cm³/mol. The molecule has 2 aromatic rings. The van der Waals surface area contributed by atoms with Gasteiger partial charge < -0.3 is 5.32 Å². The van der Waals surface area contributed by atoms with E-state index in [1.807, 2.05) is 18.3 Å². The number of thiazole rings is 1. The average Bonchev–Trinajstić information content (AvgIpc) is 2.88. The van der Waals surface area contributed by atoms with Crippen LogP contribution in [-0.2, 0) is 6.42 Å². The quantitative estimate of drug-likeness (QED) is 0.893. The number of benzene rings is 1. The van der Waals surface area contributed by atoms with E-state index in [0.717, 1.165) is 21.6 Å². The molecule has 1 aromatic heterocycles. The van der Waals surface area contributed by atoms with E-state index in [2.05, 4.69) is 46.1 Å². The molecule has 1 unspecified atom stereocenters. The van der Waals surface area contributed by atoms with E-state index in [0.29, 0.717) is 5.56 Å². The smallest absolute Gasteiger partial charge is 0.115 e. The highest BCUT2D eigenvalue weighted by Crippen LogP contribution is 2.27. The highest BCUT2D eigenvalue weighted by atomic mass is 79.9. The summed E-state index contributed by atoms with van der Waals surface area (Å²) < 4.78 is 0.953. The van der Waals surface area contributed by atoms with E-state index in [1.165, 1.54) is 4.88 Å². The molecule has 0 fully saturated rings. The summed E-state index contributed by atoms with van der Waals surface area (Å²) >= 11 is 5.13. The summed E-state index contributed by atoms with van der Waals surface area (Å²) in [5, 5.41) is 13.5. The minimum atomic E-state index is 0.0895. The summed E-state index contributed by atoms with van der Waals surface area (Å²) in [7, 11) is 0. The summed E-state index contributed by atoms with van der Waals surface area (Å²) in [5.41, 5.74) is 1.47. The van der Waals surface area contributed by atoms with Crippen molar-refractivity contribution in [3.8, 4) is 6.07 Å². The van der Waals surface area contributed by atoms with Gasteiger partial charge in [0.1, 0.15) is 11.1 Å². The van der Waals surface area contributed by atoms with Crippen LogP contribution in [0.15, 0.2) is 28.9 Å². The van der Waals surface area contributed by atoms with Crippen molar-refractivity contribution in [1.82, 2.24) is 4.98 Å². The fourth-order valence-corrected chi connectivity index (χ4v) is 2.94. The molecule has 3 nitrogen and oxygen atoms in total. The molecular formula is C14H14BrN3S. The largest absolute Gasteiger partial charge is 0.375 e. The lowest BCUT2D eigenvalue weighted by Crippen LogP contribution is -2.07. The van der Waals surface area contributed by atoms with Crippen molar-refractivity contribution in [3.63, 3.8) is 0 Å². The van der Waals surface area contributed by atoms with Crippen LogP contribution in [0.4, 0.5) is 5.69 Å². The molecule has 1 N–H and O–H groups in total. The van der Waals surface area contributed by atoms with Crippen LogP contribution in [0.5, 0.6) is 0 Å². The lowest BCUT2D eigenvalue weighted by molar-refractivity contribution is 0.868. The number of aryl methyl sites for hydroxylation is 1. The van der Waals surface area contributed by atoms with Crippen molar-refractivity contribution in [2.45, 2.75) is 26.3 Å². The number of rotatable bonds is 4. The Morgan fingerprint density at radius 1 is 1.53 bits per heavy atom. The van der Waals surface area contributed by atoms with Crippen LogP contribution in [0.2, 0.25) is 0 Å². The number of nitrogens with zero attached hydrogens (tertiary/aromatic N) is 2. The third kappa shape index (κ3) is 3.34. The first-order chi connectivity index (χ1) is 9.13. The molecular weight excluding hydrogens is 322 g/mol. The molecule has 0 spiro atoms. The van der Waals surface area contributed by atoms with Crippen molar-refractivity contribution in [2.24, 2.45) is 0 Å². The van der Waals surface area contributed by atoms with E-state index in [1.54, 1.807) is 17.4 Å². The molecule has 0 radical (unpaired) electrons. The van der Waals surface area contributed by atoms with Crippen LogP contribution in [0.3, 0.4) is 0 Å². The molecule has 19 heavy (non-hydrogen) atoms.